The summed E-state index contributed by atoms with van der Waals surface area (Å²) in [4.78, 5) is 22.7. The van der Waals surface area contributed by atoms with Gasteiger partial charge >= 0.3 is 5.97 Å². The highest BCUT2D eigenvalue weighted by Gasteiger charge is 2.39. The number of hydrogen-bond acceptors (Lipinski definition) is 4. The summed E-state index contributed by atoms with van der Waals surface area (Å²) < 4.78 is 0. The number of Topliss-reactive ketones (excluding diaryl/α,β-unsaturated/α-hetero) is 1. The Morgan fingerprint density at radius 2 is 1.92 bits per heavy atom. The van der Waals surface area contributed by atoms with Crippen LogP contribution in [-0.2, 0) is 9.59 Å². The zero-order valence-electron chi connectivity index (χ0n) is 16.3. The number of ketones is 1. The number of aliphatic carboxylic acids is 1. The van der Waals surface area contributed by atoms with Gasteiger partial charge in [-0.25, -0.2) is 0 Å². The maximum absolute atomic E-state index is 12.2. The van der Waals surface area contributed by atoms with E-state index in [1.54, 1.807) is 0 Å². The molecule has 0 spiro atoms. The number of unbranched alkanes of at least 4 members (excludes halogenated alkanes) is 4. The van der Waals surface area contributed by atoms with Crippen molar-refractivity contribution < 1.29 is 24.9 Å². The fourth-order valence-electron chi connectivity index (χ4n) is 3.72. The maximum Gasteiger partial charge on any atom is 0.303 e. The molecule has 0 heterocycles. The van der Waals surface area contributed by atoms with Crippen molar-refractivity contribution in [2.75, 3.05) is 0 Å². The lowest BCUT2D eigenvalue weighted by Crippen LogP contribution is -2.23. The number of rotatable bonds is 13. The second kappa shape index (κ2) is 11.5. The van der Waals surface area contributed by atoms with Crippen LogP contribution in [0.3, 0.4) is 0 Å². The molecule has 26 heavy (non-hydrogen) atoms. The molecule has 0 aromatic rings. The Hall–Kier alpha value is -1.20. The first kappa shape index (κ1) is 22.8. The summed E-state index contributed by atoms with van der Waals surface area (Å²) in [7, 11) is 0. The van der Waals surface area contributed by atoms with Gasteiger partial charge in [-0.15, -0.1) is 0 Å². The van der Waals surface area contributed by atoms with Gasteiger partial charge in [0.25, 0.3) is 0 Å². The van der Waals surface area contributed by atoms with Gasteiger partial charge in [-0.3, -0.25) is 9.59 Å². The van der Waals surface area contributed by atoms with Crippen molar-refractivity contribution in [3.8, 4) is 0 Å². The molecule has 3 N–H and O–H groups in total. The van der Waals surface area contributed by atoms with Crippen LogP contribution in [0.2, 0.25) is 0 Å². The van der Waals surface area contributed by atoms with E-state index in [1.165, 1.54) is 0 Å². The van der Waals surface area contributed by atoms with Gasteiger partial charge in [0.1, 0.15) is 5.78 Å². The summed E-state index contributed by atoms with van der Waals surface area (Å²) in [5.74, 6) is -0.959. The minimum Gasteiger partial charge on any atom is -0.481 e. The van der Waals surface area contributed by atoms with E-state index < -0.39 is 17.7 Å². The lowest BCUT2D eigenvalue weighted by atomic mass is 9.87. The summed E-state index contributed by atoms with van der Waals surface area (Å²) in [5.41, 5.74) is -0.736. The smallest absolute Gasteiger partial charge is 0.303 e. The molecule has 0 aliphatic heterocycles. The number of aliphatic hydroxyl groups is 2. The standard InChI is InChI=1S/C21H36O5/c1-3-4-13-21(2,26)14-9-11-17-16(18(22)15-19(17)23)10-7-5-6-8-12-20(24)25/h9,11,16-17,19,23,26H,3-8,10,12-15H2,1-2H3,(H,24,25)/b11-9+/t16-,17-,19-,21-/m1/s1. The number of carboxylic acid groups (broad SMARTS) is 1. The predicted octanol–water partition coefficient (Wildman–Crippen LogP) is 3.87. The molecule has 0 bridgehead atoms. The molecule has 4 atom stereocenters. The molecule has 0 aromatic heterocycles. The van der Waals surface area contributed by atoms with Gasteiger partial charge in [0.2, 0.25) is 0 Å². The fourth-order valence-corrected chi connectivity index (χ4v) is 3.72. The van der Waals surface area contributed by atoms with Gasteiger partial charge in [0.15, 0.2) is 0 Å². The number of aliphatic hydroxyl groups excluding tert-OH is 1. The van der Waals surface area contributed by atoms with Gasteiger partial charge < -0.3 is 15.3 Å². The van der Waals surface area contributed by atoms with Crippen LogP contribution in [0, 0.1) is 11.8 Å². The van der Waals surface area contributed by atoms with E-state index in [4.69, 9.17) is 5.11 Å². The van der Waals surface area contributed by atoms with E-state index >= 15 is 0 Å². The van der Waals surface area contributed by atoms with Crippen LogP contribution in [0.25, 0.3) is 0 Å². The Bertz CT molecular complexity index is 469. The lowest BCUT2D eigenvalue weighted by molar-refractivity contribution is -0.137. The molecular weight excluding hydrogens is 332 g/mol. The predicted molar refractivity (Wildman–Crippen MR) is 102 cm³/mol. The van der Waals surface area contributed by atoms with Crippen LogP contribution in [0.5, 0.6) is 0 Å². The SMILES string of the molecule is CCCC[C@@](C)(O)C/C=C/[C@H]1[C@H](O)CC(=O)[C@@H]1CCCCCCC(=O)O. The molecule has 5 heteroatoms. The van der Waals surface area contributed by atoms with Crippen molar-refractivity contribution in [2.45, 2.75) is 96.2 Å². The first-order chi connectivity index (χ1) is 12.3. The average Bonchev–Trinajstić information content (AvgIpc) is 2.82. The van der Waals surface area contributed by atoms with Crippen LogP contribution in [-0.4, -0.2) is 38.8 Å². The summed E-state index contributed by atoms with van der Waals surface area (Å²) >= 11 is 0. The molecule has 0 amide bonds. The molecule has 1 saturated carbocycles. The highest BCUT2D eigenvalue weighted by molar-refractivity contribution is 5.84. The first-order valence-corrected chi connectivity index (χ1v) is 10.1. The number of carbonyl (C=O) groups excluding carboxylic acids is 1. The Labute approximate surface area is 157 Å². The third-order valence-electron chi connectivity index (χ3n) is 5.37. The molecule has 0 radical (unpaired) electrons. The fraction of sp³-hybridized carbons (Fsp3) is 0.810. The van der Waals surface area contributed by atoms with E-state index in [-0.39, 0.29) is 30.5 Å². The van der Waals surface area contributed by atoms with Gasteiger partial charge in [-0.05, 0) is 32.6 Å². The van der Waals surface area contributed by atoms with E-state index in [1.807, 2.05) is 19.1 Å². The lowest BCUT2D eigenvalue weighted by Gasteiger charge is -2.22. The quantitative estimate of drug-likeness (QED) is 0.339. The zero-order chi connectivity index (χ0) is 19.6. The second-order valence-corrected chi connectivity index (χ2v) is 8.00. The molecule has 1 aliphatic carbocycles. The second-order valence-electron chi connectivity index (χ2n) is 8.00. The summed E-state index contributed by atoms with van der Waals surface area (Å²) in [5, 5.41) is 29.2. The van der Waals surface area contributed by atoms with E-state index in [9.17, 15) is 19.8 Å². The van der Waals surface area contributed by atoms with Crippen molar-refractivity contribution in [1.82, 2.24) is 0 Å². The molecule has 1 fully saturated rings. The van der Waals surface area contributed by atoms with Crippen molar-refractivity contribution in [3.05, 3.63) is 12.2 Å². The van der Waals surface area contributed by atoms with Crippen molar-refractivity contribution in [1.29, 1.82) is 0 Å². The zero-order valence-corrected chi connectivity index (χ0v) is 16.3. The highest BCUT2D eigenvalue weighted by Crippen LogP contribution is 2.34. The maximum atomic E-state index is 12.2. The topological polar surface area (TPSA) is 94.8 Å². The normalized spacial score (nSPS) is 25.7. The van der Waals surface area contributed by atoms with Crippen LogP contribution < -0.4 is 0 Å². The van der Waals surface area contributed by atoms with E-state index in [0.29, 0.717) is 12.8 Å². The summed E-state index contributed by atoms with van der Waals surface area (Å²) in [6.45, 7) is 3.93. The average molecular weight is 369 g/mol. The monoisotopic (exact) mass is 368 g/mol. The molecule has 0 saturated heterocycles. The Morgan fingerprint density at radius 1 is 1.23 bits per heavy atom. The third kappa shape index (κ3) is 8.45. The Kier molecular flexibility index (Phi) is 10.1. The van der Waals surface area contributed by atoms with Gasteiger partial charge in [0, 0.05) is 24.7 Å². The largest absolute Gasteiger partial charge is 0.481 e. The Balaban J connectivity index is 2.44. The molecule has 5 nitrogen and oxygen atoms in total. The van der Waals surface area contributed by atoms with Gasteiger partial charge in [-0.2, -0.15) is 0 Å². The van der Waals surface area contributed by atoms with Crippen molar-refractivity contribution in [2.24, 2.45) is 11.8 Å². The van der Waals surface area contributed by atoms with Gasteiger partial charge in [0.05, 0.1) is 11.7 Å². The summed E-state index contributed by atoms with van der Waals surface area (Å²) in [6.07, 6.45) is 11.0. The van der Waals surface area contributed by atoms with Crippen LogP contribution in [0.1, 0.15) is 84.5 Å². The van der Waals surface area contributed by atoms with Crippen LogP contribution >= 0.6 is 0 Å². The van der Waals surface area contributed by atoms with Crippen LogP contribution in [0.4, 0.5) is 0 Å². The van der Waals surface area contributed by atoms with Crippen molar-refractivity contribution in [3.63, 3.8) is 0 Å². The first-order valence-electron chi connectivity index (χ1n) is 10.1. The third-order valence-corrected chi connectivity index (χ3v) is 5.37. The molecular formula is C21H36O5. The van der Waals surface area contributed by atoms with Crippen LogP contribution in [0.15, 0.2) is 12.2 Å². The molecule has 1 rings (SSSR count). The molecule has 0 unspecified atom stereocenters. The molecule has 150 valence electrons. The number of carboxylic acids is 1. The Morgan fingerprint density at radius 3 is 2.58 bits per heavy atom. The minimum absolute atomic E-state index is 0.121. The minimum atomic E-state index is -0.765. The summed E-state index contributed by atoms with van der Waals surface area (Å²) in [6, 6.07) is 0. The van der Waals surface area contributed by atoms with Crippen molar-refractivity contribution >= 4 is 11.8 Å². The molecule has 1 aliphatic rings. The van der Waals surface area contributed by atoms with Gasteiger partial charge in [-0.1, -0.05) is 51.2 Å². The molecule has 0 aromatic carbocycles. The van der Waals surface area contributed by atoms with E-state index in [0.717, 1.165) is 44.9 Å². The highest BCUT2D eigenvalue weighted by atomic mass is 16.4. The number of hydrogen-bond donors (Lipinski definition) is 3. The van der Waals surface area contributed by atoms with E-state index in [2.05, 4.69) is 6.92 Å². The number of carbonyl (C=O) groups is 2.